The van der Waals surface area contributed by atoms with E-state index in [0.717, 1.165) is 0 Å². The Kier molecular flexibility index (Phi) is 5.98. The molecule has 1 amide bonds. The number of carbonyl (C=O) groups is 1. The van der Waals surface area contributed by atoms with Crippen LogP contribution in [0.4, 0.5) is 0 Å². The number of fused-ring (bicyclic) bond motifs is 1. The van der Waals surface area contributed by atoms with Crippen molar-refractivity contribution in [3.63, 3.8) is 0 Å². The van der Waals surface area contributed by atoms with Crippen molar-refractivity contribution in [2.75, 3.05) is 12.0 Å². The summed E-state index contributed by atoms with van der Waals surface area (Å²) in [6.07, 6.45) is 0.642. The third-order valence-corrected chi connectivity index (χ3v) is 4.41. The summed E-state index contributed by atoms with van der Waals surface area (Å²) in [4.78, 5) is 29.0. The van der Waals surface area contributed by atoms with Crippen LogP contribution in [0, 0.1) is 6.92 Å². The zero-order valence-corrected chi connectivity index (χ0v) is 16.0. The van der Waals surface area contributed by atoms with Gasteiger partial charge in [0.05, 0.1) is 22.5 Å². The number of hydrogen-bond donors (Lipinski definition) is 1. The average molecular weight is 406 g/mol. The Morgan fingerprint density at radius 2 is 2.00 bits per heavy atom. The number of nitrogens with zero attached hydrogens (tertiary/aromatic N) is 2. The van der Waals surface area contributed by atoms with Gasteiger partial charge in [-0.15, -0.1) is 0 Å². The van der Waals surface area contributed by atoms with Crippen LogP contribution < -0.4 is 15.7 Å². The molecule has 0 bridgehead atoms. The number of hydrogen-bond acceptors (Lipinski definition) is 4. The Hall–Kier alpha value is -2.57. The van der Waals surface area contributed by atoms with Gasteiger partial charge in [0.2, 0.25) is 5.91 Å². The lowest BCUT2D eigenvalue weighted by Crippen LogP contribution is -2.35. The smallest absolute Gasteiger partial charge is 0.280 e. The second-order valence-electron chi connectivity index (χ2n) is 5.88. The number of para-hydroxylation sites is 1. The Balaban J connectivity index is 1.58. The molecule has 0 fully saturated rings. The Morgan fingerprint density at radius 1 is 1.22 bits per heavy atom. The molecule has 3 rings (SSSR count). The standard InChI is InChI=1S/C19H17Cl2N3O3/c1-12-22-16-6-3-2-5-14(16)19(26)24(12)23-18(25)7-4-10-27-17-9-8-13(20)11-15(17)21/h2-3,5-6,8-9,11H,4,7,10H2,1H3,(H,23,25). The first-order valence-corrected chi connectivity index (χ1v) is 9.07. The van der Waals surface area contributed by atoms with Crippen LogP contribution in [0.25, 0.3) is 10.9 Å². The highest BCUT2D eigenvalue weighted by atomic mass is 35.5. The molecule has 0 atom stereocenters. The summed E-state index contributed by atoms with van der Waals surface area (Å²) in [6.45, 7) is 1.97. The summed E-state index contributed by atoms with van der Waals surface area (Å²) < 4.78 is 6.71. The van der Waals surface area contributed by atoms with Crippen LogP contribution >= 0.6 is 23.2 Å². The molecule has 0 aliphatic heterocycles. The van der Waals surface area contributed by atoms with E-state index in [4.69, 9.17) is 27.9 Å². The summed E-state index contributed by atoms with van der Waals surface area (Å²) in [5, 5.41) is 1.39. The lowest BCUT2D eigenvalue weighted by molar-refractivity contribution is -0.117. The lowest BCUT2D eigenvalue weighted by Gasteiger charge is -2.12. The van der Waals surface area contributed by atoms with E-state index in [9.17, 15) is 9.59 Å². The van der Waals surface area contributed by atoms with Crippen LogP contribution in [-0.4, -0.2) is 22.2 Å². The molecule has 0 aliphatic carbocycles. The van der Waals surface area contributed by atoms with E-state index in [0.29, 0.717) is 45.5 Å². The van der Waals surface area contributed by atoms with Crippen LogP contribution in [0.1, 0.15) is 18.7 Å². The van der Waals surface area contributed by atoms with Gasteiger partial charge < -0.3 is 4.74 Å². The van der Waals surface area contributed by atoms with Crippen molar-refractivity contribution in [2.45, 2.75) is 19.8 Å². The molecule has 140 valence electrons. The number of amides is 1. The fraction of sp³-hybridized carbons (Fsp3) is 0.211. The summed E-state index contributed by atoms with van der Waals surface area (Å²) in [5.41, 5.74) is 2.88. The Bertz CT molecular complexity index is 1050. The highest BCUT2D eigenvalue weighted by Gasteiger charge is 2.10. The minimum Gasteiger partial charge on any atom is -0.492 e. The van der Waals surface area contributed by atoms with Gasteiger partial charge in [-0.05, 0) is 43.7 Å². The molecule has 1 N–H and O–H groups in total. The van der Waals surface area contributed by atoms with Crippen molar-refractivity contribution in [3.8, 4) is 5.75 Å². The van der Waals surface area contributed by atoms with Crippen molar-refractivity contribution < 1.29 is 9.53 Å². The molecule has 1 heterocycles. The molecular weight excluding hydrogens is 389 g/mol. The van der Waals surface area contributed by atoms with E-state index < -0.39 is 0 Å². The van der Waals surface area contributed by atoms with Crippen molar-refractivity contribution in [1.82, 2.24) is 9.66 Å². The SMILES string of the molecule is Cc1nc2ccccc2c(=O)n1NC(=O)CCCOc1ccc(Cl)cc1Cl. The van der Waals surface area contributed by atoms with Gasteiger partial charge in [0.1, 0.15) is 11.6 Å². The minimum absolute atomic E-state index is 0.184. The maximum absolute atomic E-state index is 12.5. The molecule has 27 heavy (non-hydrogen) atoms. The summed E-state index contributed by atoms with van der Waals surface area (Å²) in [7, 11) is 0. The normalized spacial score (nSPS) is 10.8. The summed E-state index contributed by atoms with van der Waals surface area (Å²) in [5.74, 6) is 0.617. The van der Waals surface area contributed by atoms with E-state index in [1.165, 1.54) is 4.68 Å². The van der Waals surface area contributed by atoms with Crippen LogP contribution in [0.5, 0.6) is 5.75 Å². The van der Waals surface area contributed by atoms with Crippen molar-refractivity contribution in [3.05, 3.63) is 68.7 Å². The molecule has 0 unspecified atom stereocenters. The predicted octanol–water partition coefficient (Wildman–Crippen LogP) is 3.94. The molecule has 3 aromatic rings. The maximum atomic E-state index is 12.5. The Morgan fingerprint density at radius 3 is 2.78 bits per heavy atom. The molecule has 0 saturated carbocycles. The number of nitrogens with one attached hydrogen (secondary N) is 1. The van der Waals surface area contributed by atoms with Gasteiger partial charge in [0, 0.05) is 11.4 Å². The van der Waals surface area contributed by atoms with E-state index in [2.05, 4.69) is 10.4 Å². The molecular formula is C19H17Cl2N3O3. The number of rotatable bonds is 6. The third kappa shape index (κ3) is 4.59. The maximum Gasteiger partial charge on any atom is 0.280 e. The molecule has 0 aliphatic rings. The van der Waals surface area contributed by atoms with Crippen molar-refractivity contribution >= 4 is 40.0 Å². The van der Waals surface area contributed by atoms with Gasteiger partial charge in [-0.2, -0.15) is 0 Å². The van der Waals surface area contributed by atoms with Crippen LogP contribution in [0.3, 0.4) is 0 Å². The number of carbonyl (C=O) groups excluding carboxylic acids is 1. The number of aryl methyl sites for hydroxylation is 1. The molecule has 0 spiro atoms. The number of halogens is 2. The monoisotopic (exact) mass is 405 g/mol. The van der Waals surface area contributed by atoms with Crippen LogP contribution in [0.15, 0.2) is 47.3 Å². The fourth-order valence-electron chi connectivity index (χ4n) is 2.56. The first-order chi connectivity index (χ1) is 13.0. The molecule has 2 aromatic carbocycles. The largest absolute Gasteiger partial charge is 0.492 e. The van der Waals surface area contributed by atoms with Crippen molar-refractivity contribution in [2.24, 2.45) is 0 Å². The van der Waals surface area contributed by atoms with E-state index in [1.54, 1.807) is 43.3 Å². The van der Waals surface area contributed by atoms with Gasteiger partial charge in [0.25, 0.3) is 5.56 Å². The van der Waals surface area contributed by atoms with E-state index >= 15 is 0 Å². The van der Waals surface area contributed by atoms with Gasteiger partial charge in [-0.3, -0.25) is 15.0 Å². The van der Waals surface area contributed by atoms with Crippen LogP contribution in [0.2, 0.25) is 10.0 Å². The lowest BCUT2D eigenvalue weighted by atomic mass is 10.2. The quantitative estimate of drug-likeness (QED) is 0.630. The average Bonchev–Trinajstić information content (AvgIpc) is 2.63. The highest BCUT2D eigenvalue weighted by Crippen LogP contribution is 2.27. The van der Waals surface area contributed by atoms with Crippen molar-refractivity contribution in [1.29, 1.82) is 0 Å². The van der Waals surface area contributed by atoms with Crippen LogP contribution in [-0.2, 0) is 4.79 Å². The third-order valence-electron chi connectivity index (χ3n) is 3.88. The fourth-order valence-corrected chi connectivity index (χ4v) is 3.03. The molecule has 8 heteroatoms. The number of ether oxygens (including phenoxy) is 1. The highest BCUT2D eigenvalue weighted by molar-refractivity contribution is 6.35. The van der Waals surface area contributed by atoms with Gasteiger partial charge in [0.15, 0.2) is 0 Å². The molecule has 1 aromatic heterocycles. The zero-order chi connectivity index (χ0) is 19.4. The Labute approximate surface area is 165 Å². The van der Waals surface area contributed by atoms with Gasteiger partial charge in [-0.25, -0.2) is 9.66 Å². The van der Waals surface area contributed by atoms with E-state index in [-0.39, 0.29) is 17.9 Å². The van der Waals surface area contributed by atoms with Gasteiger partial charge >= 0.3 is 0 Å². The van der Waals surface area contributed by atoms with E-state index in [1.807, 2.05) is 6.07 Å². The van der Waals surface area contributed by atoms with Gasteiger partial charge in [-0.1, -0.05) is 35.3 Å². The number of aromatic nitrogens is 2. The second-order valence-corrected chi connectivity index (χ2v) is 6.72. The number of benzene rings is 2. The molecule has 0 saturated heterocycles. The minimum atomic E-state index is -0.310. The summed E-state index contributed by atoms with van der Waals surface area (Å²) >= 11 is 11.9. The first-order valence-electron chi connectivity index (χ1n) is 8.32. The predicted molar refractivity (Wildman–Crippen MR) is 106 cm³/mol. The first kappa shape index (κ1) is 19.2. The second kappa shape index (κ2) is 8.41. The summed E-state index contributed by atoms with van der Waals surface area (Å²) in [6, 6.07) is 11.9. The molecule has 6 nitrogen and oxygen atoms in total. The zero-order valence-electron chi connectivity index (χ0n) is 14.5. The topological polar surface area (TPSA) is 73.2 Å². The molecule has 0 radical (unpaired) electrons.